The lowest BCUT2D eigenvalue weighted by molar-refractivity contribution is 0.303. The van der Waals surface area contributed by atoms with Crippen LogP contribution in [0.2, 0.25) is 0 Å². The zero-order valence-corrected chi connectivity index (χ0v) is 12.0. The third-order valence-corrected chi connectivity index (χ3v) is 3.24. The van der Waals surface area contributed by atoms with Gasteiger partial charge in [0, 0.05) is 0 Å². The van der Waals surface area contributed by atoms with Gasteiger partial charge in [-0.25, -0.2) is 0 Å². The minimum atomic E-state index is 0.569. The van der Waals surface area contributed by atoms with Crippen molar-refractivity contribution in [2.75, 3.05) is 19.7 Å². The second-order valence-electron chi connectivity index (χ2n) is 4.80. The molecule has 0 aromatic heterocycles. The Morgan fingerprint density at radius 2 is 1.94 bits per heavy atom. The van der Waals surface area contributed by atoms with Gasteiger partial charge in [0.15, 0.2) is 0 Å². The quantitative estimate of drug-likeness (QED) is 0.669. The maximum absolute atomic E-state index is 5.90. The molecule has 0 aliphatic carbocycles. The average molecular weight is 249 g/mol. The summed E-state index contributed by atoms with van der Waals surface area (Å²) >= 11 is 0. The van der Waals surface area contributed by atoms with E-state index in [1.165, 1.54) is 12.0 Å². The van der Waals surface area contributed by atoms with E-state index in [9.17, 15) is 0 Å². The molecule has 0 spiro atoms. The molecule has 1 atom stereocenters. The van der Waals surface area contributed by atoms with Crippen LogP contribution >= 0.6 is 0 Å². The predicted octanol–water partition coefficient (Wildman–Crippen LogP) is 3.97. The van der Waals surface area contributed by atoms with Gasteiger partial charge in [0.25, 0.3) is 0 Å². The second-order valence-corrected chi connectivity index (χ2v) is 4.80. The molecule has 102 valence electrons. The Morgan fingerprint density at radius 3 is 2.67 bits per heavy atom. The van der Waals surface area contributed by atoms with Gasteiger partial charge in [0.2, 0.25) is 0 Å². The highest BCUT2D eigenvalue weighted by atomic mass is 16.5. The lowest BCUT2D eigenvalue weighted by Gasteiger charge is -2.15. The molecule has 0 aliphatic rings. The fourth-order valence-corrected chi connectivity index (χ4v) is 1.92. The molecule has 1 rings (SSSR count). The normalized spacial score (nSPS) is 12.4. The van der Waals surface area contributed by atoms with Crippen molar-refractivity contribution in [1.29, 1.82) is 0 Å². The number of rotatable bonds is 9. The highest BCUT2D eigenvalue weighted by molar-refractivity contribution is 5.35. The van der Waals surface area contributed by atoms with E-state index in [0.717, 1.165) is 38.3 Å². The maximum Gasteiger partial charge on any atom is 0.122 e. The molecule has 0 aliphatic heterocycles. The van der Waals surface area contributed by atoms with E-state index >= 15 is 0 Å². The Hall–Kier alpha value is -1.02. The zero-order valence-electron chi connectivity index (χ0n) is 12.0. The summed E-state index contributed by atoms with van der Waals surface area (Å²) in [6.45, 7) is 9.60. The molecule has 0 radical (unpaired) electrons. The summed E-state index contributed by atoms with van der Waals surface area (Å²) in [4.78, 5) is 0. The molecule has 2 nitrogen and oxygen atoms in total. The molecule has 2 heteroatoms. The van der Waals surface area contributed by atoms with E-state index in [1.807, 2.05) is 0 Å². The first-order valence-electron chi connectivity index (χ1n) is 7.22. The monoisotopic (exact) mass is 249 g/mol. The van der Waals surface area contributed by atoms with Crippen LogP contribution < -0.4 is 10.1 Å². The van der Waals surface area contributed by atoms with E-state index in [4.69, 9.17) is 4.74 Å². The molecular weight excluding hydrogens is 222 g/mol. The van der Waals surface area contributed by atoms with Crippen molar-refractivity contribution in [3.05, 3.63) is 29.8 Å². The standard InChI is InChI=1S/C16H27NO/c1-4-11-17-12-8-13-18-16-10-7-6-9-15(16)14(3)5-2/h6-7,9-10,14,17H,4-5,8,11-13H2,1-3H3. The minimum Gasteiger partial charge on any atom is -0.493 e. The Morgan fingerprint density at radius 1 is 1.17 bits per heavy atom. The van der Waals surface area contributed by atoms with Crippen LogP contribution in [0.3, 0.4) is 0 Å². The third kappa shape index (κ3) is 5.09. The zero-order chi connectivity index (χ0) is 13.2. The summed E-state index contributed by atoms with van der Waals surface area (Å²) in [7, 11) is 0. The van der Waals surface area contributed by atoms with Gasteiger partial charge in [-0.15, -0.1) is 0 Å². The SMILES string of the molecule is CCCNCCCOc1ccccc1C(C)CC. The van der Waals surface area contributed by atoms with E-state index in [0.29, 0.717) is 5.92 Å². The number of benzene rings is 1. The fraction of sp³-hybridized carbons (Fsp3) is 0.625. The summed E-state index contributed by atoms with van der Waals surface area (Å²) in [6.07, 6.45) is 3.41. The van der Waals surface area contributed by atoms with Crippen LogP contribution in [0, 0.1) is 0 Å². The fourth-order valence-electron chi connectivity index (χ4n) is 1.92. The van der Waals surface area contributed by atoms with Crippen LogP contribution in [0.15, 0.2) is 24.3 Å². The van der Waals surface area contributed by atoms with Crippen LogP contribution in [0.4, 0.5) is 0 Å². The van der Waals surface area contributed by atoms with Crippen molar-refractivity contribution in [1.82, 2.24) is 5.32 Å². The lowest BCUT2D eigenvalue weighted by Crippen LogP contribution is -2.18. The van der Waals surface area contributed by atoms with Crippen LogP contribution in [0.25, 0.3) is 0 Å². The molecule has 1 aromatic rings. The largest absolute Gasteiger partial charge is 0.493 e. The predicted molar refractivity (Wildman–Crippen MR) is 78.4 cm³/mol. The van der Waals surface area contributed by atoms with Crippen molar-refractivity contribution >= 4 is 0 Å². The van der Waals surface area contributed by atoms with Gasteiger partial charge in [-0.2, -0.15) is 0 Å². The van der Waals surface area contributed by atoms with Gasteiger partial charge in [0.1, 0.15) is 5.75 Å². The second kappa shape index (κ2) is 8.98. The van der Waals surface area contributed by atoms with E-state index in [-0.39, 0.29) is 0 Å². The molecule has 1 aromatic carbocycles. The Kier molecular flexibility index (Phi) is 7.51. The van der Waals surface area contributed by atoms with Crippen LogP contribution in [0.1, 0.15) is 51.5 Å². The topological polar surface area (TPSA) is 21.3 Å². The number of hydrogen-bond donors (Lipinski definition) is 1. The molecule has 0 bridgehead atoms. The molecule has 0 amide bonds. The number of nitrogens with one attached hydrogen (secondary N) is 1. The van der Waals surface area contributed by atoms with E-state index in [2.05, 4.69) is 50.4 Å². The summed E-state index contributed by atoms with van der Waals surface area (Å²) < 4.78 is 5.90. The van der Waals surface area contributed by atoms with Crippen molar-refractivity contribution in [3.63, 3.8) is 0 Å². The summed E-state index contributed by atoms with van der Waals surface area (Å²) in [6, 6.07) is 8.41. The first kappa shape index (κ1) is 15.0. The maximum atomic E-state index is 5.90. The first-order valence-corrected chi connectivity index (χ1v) is 7.22. The van der Waals surface area contributed by atoms with E-state index in [1.54, 1.807) is 0 Å². The van der Waals surface area contributed by atoms with Crippen LogP contribution in [-0.2, 0) is 0 Å². The Labute approximate surface area is 112 Å². The number of para-hydroxylation sites is 1. The first-order chi connectivity index (χ1) is 8.79. The lowest BCUT2D eigenvalue weighted by atomic mass is 9.98. The van der Waals surface area contributed by atoms with Gasteiger partial charge in [-0.05, 0) is 49.9 Å². The van der Waals surface area contributed by atoms with Gasteiger partial charge in [-0.3, -0.25) is 0 Å². The van der Waals surface area contributed by atoms with Crippen molar-refractivity contribution in [2.45, 2.75) is 46.0 Å². The minimum absolute atomic E-state index is 0.569. The van der Waals surface area contributed by atoms with Gasteiger partial charge in [-0.1, -0.05) is 39.0 Å². The average Bonchev–Trinajstić information content (AvgIpc) is 2.42. The van der Waals surface area contributed by atoms with Gasteiger partial charge in [0.05, 0.1) is 6.61 Å². The molecular formula is C16H27NO. The molecule has 18 heavy (non-hydrogen) atoms. The Balaban J connectivity index is 2.37. The third-order valence-electron chi connectivity index (χ3n) is 3.24. The molecule has 0 saturated carbocycles. The highest BCUT2D eigenvalue weighted by Crippen LogP contribution is 2.28. The summed E-state index contributed by atoms with van der Waals surface area (Å²) in [5.74, 6) is 1.63. The van der Waals surface area contributed by atoms with Crippen LogP contribution in [0.5, 0.6) is 5.75 Å². The number of hydrogen-bond acceptors (Lipinski definition) is 2. The molecule has 0 saturated heterocycles. The molecule has 1 unspecified atom stereocenters. The van der Waals surface area contributed by atoms with Gasteiger partial charge >= 0.3 is 0 Å². The number of ether oxygens (including phenoxy) is 1. The Bertz CT molecular complexity index is 325. The van der Waals surface area contributed by atoms with Crippen LogP contribution in [-0.4, -0.2) is 19.7 Å². The smallest absolute Gasteiger partial charge is 0.122 e. The summed E-state index contributed by atoms with van der Waals surface area (Å²) in [5, 5.41) is 3.39. The molecule has 1 N–H and O–H groups in total. The molecule has 0 heterocycles. The van der Waals surface area contributed by atoms with E-state index < -0.39 is 0 Å². The molecule has 0 fully saturated rings. The summed E-state index contributed by atoms with van der Waals surface area (Å²) in [5.41, 5.74) is 1.33. The van der Waals surface area contributed by atoms with Crippen molar-refractivity contribution in [3.8, 4) is 5.75 Å². The van der Waals surface area contributed by atoms with Gasteiger partial charge < -0.3 is 10.1 Å². The highest BCUT2D eigenvalue weighted by Gasteiger charge is 2.08. The van der Waals surface area contributed by atoms with Crippen molar-refractivity contribution < 1.29 is 4.74 Å². The van der Waals surface area contributed by atoms with Crippen molar-refractivity contribution in [2.24, 2.45) is 0 Å².